The number of carboxylic acids is 1. The Morgan fingerprint density at radius 1 is 1.42 bits per heavy atom. The summed E-state index contributed by atoms with van der Waals surface area (Å²) in [7, 11) is 1.47. The van der Waals surface area contributed by atoms with Crippen LogP contribution in [0.1, 0.15) is 18.9 Å². The first-order chi connectivity index (χ1) is 12.2. The number of aliphatic carboxylic acids is 1. The van der Waals surface area contributed by atoms with Crippen molar-refractivity contribution in [2.75, 3.05) is 13.7 Å². The number of methoxy groups -OCH3 is 1. The molecule has 0 radical (unpaired) electrons. The number of benzene rings is 1. The van der Waals surface area contributed by atoms with Crippen LogP contribution in [0.25, 0.3) is 0 Å². The van der Waals surface area contributed by atoms with Crippen LogP contribution < -0.4 is 10.1 Å². The molecular weight excluding hydrogens is 364 g/mol. The number of ether oxygens (including phenoxy) is 1. The first-order valence-electron chi connectivity index (χ1n) is 8.03. The molecule has 0 spiro atoms. The van der Waals surface area contributed by atoms with E-state index in [9.17, 15) is 24.6 Å². The van der Waals surface area contributed by atoms with Gasteiger partial charge in [0.2, 0.25) is 11.8 Å². The van der Waals surface area contributed by atoms with Gasteiger partial charge in [0.1, 0.15) is 17.8 Å². The Morgan fingerprint density at radius 3 is 2.65 bits per heavy atom. The second kappa shape index (κ2) is 8.37. The molecule has 1 aromatic carbocycles. The normalized spacial score (nSPS) is 20.5. The first kappa shape index (κ1) is 20.0. The lowest BCUT2D eigenvalue weighted by Gasteiger charge is -2.24. The van der Waals surface area contributed by atoms with E-state index in [2.05, 4.69) is 5.32 Å². The molecule has 1 aliphatic heterocycles. The Morgan fingerprint density at radius 2 is 2.12 bits per heavy atom. The first-order valence-corrected chi connectivity index (χ1v) is 8.41. The SMILES string of the molecule is COc1ccc(C[C@H](NC(=O)[C@@H]2C[C@@H](O)CN2C(C)=O)C(=O)O)cc1Cl. The van der Waals surface area contributed by atoms with Crippen molar-refractivity contribution in [3.63, 3.8) is 0 Å². The highest BCUT2D eigenvalue weighted by Gasteiger charge is 2.38. The summed E-state index contributed by atoms with van der Waals surface area (Å²) in [6.07, 6.45) is -0.718. The fourth-order valence-electron chi connectivity index (χ4n) is 2.95. The minimum atomic E-state index is -1.21. The van der Waals surface area contributed by atoms with E-state index in [1.54, 1.807) is 18.2 Å². The average molecular weight is 385 g/mol. The number of carbonyl (C=O) groups is 3. The largest absolute Gasteiger partial charge is 0.495 e. The maximum Gasteiger partial charge on any atom is 0.326 e. The number of nitrogens with one attached hydrogen (secondary N) is 1. The van der Waals surface area contributed by atoms with Crippen LogP contribution in [0.15, 0.2) is 18.2 Å². The predicted molar refractivity (Wildman–Crippen MR) is 93.1 cm³/mol. The Labute approximate surface area is 155 Å². The van der Waals surface area contributed by atoms with Crippen LogP contribution in [0.2, 0.25) is 5.02 Å². The van der Waals surface area contributed by atoms with E-state index >= 15 is 0 Å². The van der Waals surface area contributed by atoms with Crippen LogP contribution in [-0.2, 0) is 20.8 Å². The van der Waals surface area contributed by atoms with E-state index in [4.69, 9.17) is 16.3 Å². The second-order valence-electron chi connectivity index (χ2n) is 6.15. The monoisotopic (exact) mass is 384 g/mol. The maximum atomic E-state index is 12.5. The summed E-state index contributed by atoms with van der Waals surface area (Å²) < 4.78 is 5.05. The van der Waals surface area contributed by atoms with Crippen molar-refractivity contribution in [1.82, 2.24) is 10.2 Å². The number of β-amino-alcohol motifs (C(OH)–C–C–N with tert-alkyl or cyclic N) is 1. The highest BCUT2D eigenvalue weighted by atomic mass is 35.5. The molecule has 0 bridgehead atoms. The second-order valence-corrected chi connectivity index (χ2v) is 6.56. The number of hydrogen-bond donors (Lipinski definition) is 3. The maximum absolute atomic E-state index is 12.5. The van der Waals surface area contributed by atoms with Gasteiger partial charge in [-0.1, -0.05) is 17.7 Å². The number of likely N-dealkylation sites (tertiary alicyclic amines) is 1. The minimum Gasteiger partial charge on any atom is -0.495 e. The highest BCUT2D eigenvalue weighted by molar-refractivity contribution is 6.32. The fourth-order valence-corrected chi connectivity index (χ4v) is 3.23. The van der Waals surface area contributed by atoms with E-state index in [1.165, 1.54) is 18.9 Å². The van der Waals surface area contributed by atoms with Crippen molar-refractivity contribution >= 4 is 29.4 Å². The van der Waals surface area contributed by atoms with E-state index in [0.29, 0.717) is 16.3 Å². The molecule has 1 fully saturated rings. The average Bonchev–Trinajstić information content (AvgIpc) is 2.96. The summed E-state index contributed by atoms with van der Waals surface area (Å²) in [6, 6.07) is 2.77. The summed E-state index contributed by atoms with van der Waals surface area (Å²) in [5, 5.41) is 21.9. The van der Waals surface area contributed by atoms with Gasteiger partial charge in [0.05, 0.1) is 18.2 Å². The Kier molecular flexibility index (Phi) is 6.44. The van der Waals surface area contributed by atoms with E-state index < -0.39 is 30.1 Å². The number of carboxylic acid groups (broad SMARTS) is 1. The van der Waals surface area contributed by atoms with E-state index in [0.717, 1.165) is 0 Å². The van der Waals surface area contributed by atoms with Crippen molar-refractivity contribution in [2.45, 2.75) is 38.0 Å². The molecule has 2 amide bonds. The van der Waals surface area contributed by atoms with Gasteiger partial charge in [-0.2, -0.15) is 0 Å². The molecule has 0 aromatic heterocycles. The number of hydrogen-bond acceptors (Lipinski definition) is 5. The van der Waals surface area contributed by atoms with Crippen LogP contribution in [0.5, 0.6) is 5.75 Å². The quantitative estimate of drug-likeness (QED) is 0.655. The van der Waals surface area contributed by atoms with Gasteiger partial charge in [-0.3, -0.25) is 9.59 Å². The molecule has 1 saturated heterocycles. The van der Waals surface area contributed by atoms with Crippen LogP contribution in [-0.4, -0.2) is 64.7 Å². The molecule has 0 saturated carbocycles. The highest BCUT2D eigenvalue weighted by Crippen LogP contribution is 2.25. The van der Waals surface area contributed by atoms with Gasteiger partial charge in [0, 0.05) is 26.3 Å². The van der Waals surface area contributed by atoms with Crippen LogP contribution >= 0.6 is 11.6 Å². The van der Waals surface area contributed by atoms with Crippen LogP contribution in [0, 0.1) is 0 Å². The molecular formula is C17H21ClN2O6. The van der Waals surface area contributed by atoms with Gasteiger partial charge in [-0.25, -0.2) is 4.79 Å². The lowest BCUT2D eigenvalue weighted by atomic mass is 10.0. The van der Waals surface area contributed by atoms with Crippen molar-refractivity contribution in [3.05, 3.63) is 28.8 Å². The molecule has 3 atom stereocenters. The third-order valence-corrected chi connectivity index (χ3v) is 4.55. The zero-order valence-corrected chi connectivity index (χ0v) is 15.2. The van der Waals surface area contributed by atoms with Crippen molar-refractivity contribution in [3.8, 4) is 5.75 Å². The molecule has 9 heteroatoms. The lowest BCUT2D eigenvalue weighted by Crippen LogP contribution is -2.51. The topological polar surface area (TPSA) is 116 Å². The third-order valence-electron chi connectivity index (χ3n) is 4.26. The van der Waals surface area contributed by atoms with Crippen molar-refractivity contribution in [2.24, 2.45) is 0 Å². The fraction of sp³-hybridized carbons (Fsp3) is 0.471. The van der Waals surface area contributed by atoms with Crippen molar-refractivity contribution < 1.29 is 29.3 Å². The molecule has 8 nitrogen and oxygen atoms in total. The molecule has 2 rings (SSSR count). The van der Waals surface area contributed by atoms with Crippen LogP contribution in [0.3, 0.4) is 0 Å². The Balaban J connectivity index is 2.10. The molecule has 0 unspecified atom stereocenters. The Bertz CT molecular complexity index is 710. The van der Waals surface area contributed by atoms with E-state index in [1.807, 2.05) is 0 Å². The summed E-state index contributed by atoms with van der Waals surface area (Å²) in [5.74, 6) is -1.71. The summed E-state index contributed by atoms with van der Waals surface area (Å²) >= 11 is 6.04. The number of amides is 2. The molecule has 26 heavy (non-hydrogen) atoms. The number of nitrogens with zero attached hydrogens (tertiary/aromatic N) is 1. The van der Waals surface area contributed by atoms with Crippen molar-refractivity contribution in [1.29, 1.82) is 0 Å². The minimum absolute atomic E-state index is 0.0140. The van der Waals surface area contributed by atoms with Gasteiger partial charge < -0.3 is 25.2 Å². The molecule has 142 valence electrons. The smallest absolute Gasteiger partial charge is 0.326 e. The van der Waals surface area contributed by atoms with E-state index in [-0.39, 0.29) is 25.3 Å². The van der Waals surface area contributed by atoms with Gasteiger partial charge >= 0.3 is 5.97 Å². The molecule has 1 aliphatic rings. The van der Waals surface area contributed by atoms with Gasteiger partial charge in [0.25, 0.3) is 0 Å². The van der Waals surface area contributed by atoms with Gasteiger partial charge in [-0.15, -0.1) is 0 Å². The predicted octanol–water partition coefficient (Wildman–Crippen LogP) is 0.442. The van der Waals surface area contributed by atoms with Crippen LogP contribution in [0.4, 0.5) is 0 Å². The summed E-state index contributed by atoms with van der Waals surface area (Å²) in [5.41, 5.74) is 0.610. The zero-order valence-electron chi connectivity index (χ0n) is 14.4. The molecule has 0 aliphatic carbocycles. The summed E-state index contributed by atoms with van der Waals surface area (Å²) in [6.45, 7) is 1.35. The van der Waals surface area contributed by atoms with Gasteiger partial charge in [-0.05, 0) is 17.7 Å². The lowest BCUT2D eigenvalue weighted by molar-refractivity contribution is -0.143. The standard InChI is InChI=1S/C17H21ClN2O6/c1-9(21)20-8-11(22)7-14(20)16(23)19-13(17(24)25)6-10-3-4-15(26-2)12(18)5-10/h3-5,11,13-14,22H,6-8H2,1-2H3,(H,19,23)(H,24,25)/t11-,13+,14+/m1/s1. The van der Waals surface area contributed by atoms with Gasteiger partial charge in [0.15, 0.2) is 0 Å². The molecule has 1 aromatic rings. The zero-order chi connectivity index (χ0) is 19.4. The number of halogens is 1. The third kappa shape index (κ3) is 4.64. The summed E-state index contributed by atoms with van der Waals surface area (Å²) in [4.78, 5) is 36.8. The molecule has 1 heterocycles. The Hall–Kier alpha value is -2.32. The number of aliphatic hydroxyl groups excluding tert-OH is 1. The number of rotatable bonds is 6. The molecule has 3 N–H and O–H groups in total. The number of aliphatic hydroxyl groups is 1. The number of carbonyl (C=O) groups excluding carboxylic acids is 2.